The maximum absolute atomic E-state index is 13.3. The molecule has 0 spiro atoms. The third kappa shape index (κ3) is 4.49. The maximum atomic E-state index is 13.3. The van der Waals surface area contributed by atoms with Gasteiger partial charge in [-0.05, 0) is 60.5 Å². The van der Waals surface area contributed by atoms with Gasteiger partial charge in [-0.3, -0.25) is 4.90 Å². The second kappa shape index (κ2) is 9.33. The Kier molecular flexibility index (Phi) is 6.11. The third-order valence-electron chi connectivity index (χ3n) is 6.52. The van der Waals surface area contributed by atoms with E-state index in [1.807, 2.05) is 29.1 Å². The number of aromatic nitrogens is 2. The van der Waals surface area contributed by atoms with Gasteiger partial charge in [0.25, 0.3) is 0 Å². The second-order valence-electron chi connectivity index (χ2n) is 8.63. The molecule has 0 atom stereocenters. The van der Waals surface area contributed by atoms with Crippen LogP contribution in [0.5, 0.6) is 0 Å². The van der Waals surface area contributed by atoms with Gasteiger partial charge in [0.1, 0.15) is 11.5 Å². The fourth-order valence-electron chi connectivity index (χ4n) is 4.49. The Morgan fingerprint density at radius 3 is 2.12 bits per heavy atom. The van der Waals surface area contributed by atoms with Crippen LogP contribution in [0.2, 0.25) is 0 Å². The molecule has 1 aliphatic heterocycles. The predicted octanol–water partition coefficient (Wildman–Crippen LogP) is 5.38. The van der Waals surface area contributed by atoms with Crippen molar-refractivity contribution in [2.24, 2.45) is 0 Å². The highest BCUT2D eigenvalue weighted by Crippen LogP contribution is 2.32. The SMILES string of the molecule is CCN1CCN(Cc2cnn(-c3ccc(-c4ccc(F)cc4)cc3)c2-c2occc2C)CC1. The van der Waals surface area contributed by atoms with Gasteiger partial charge in [-0.1, -0.05) is 31.2 Å². The average molecular weight is 445 g/mol. The zero-order chi connectivity index (χ0) is 22.8. The number of furan rings is 1. The first-order chi connectivity index (χ1) is 16.1. The molecule has 5 nitrogen and oxygen atoms in total. The Bertz CT molecular complexity index is 1200. The summed E-state index contributed by atoms with van der Waals surface area (Å²) in [6.07, 6.45) is 3.71. The Labute approximate surface area is 194 Å². The molecule has 170 valence electrons. The average Bonchev–Trinajstić information content (AvgIpc) is 3.45. The lowest BCUT2D eigenvalue weighted by Crippen LogP contribution is -2.45. The summed E-state index contributed by atoms with van der Waals surface area (Å²) < 4.78 is 21.2. The molecule has 6 heteroatoms. The van der Waals surface area contributed by atoms with Crippen LogP contribution in [0, 0.1) is 12.7 Å². The molecule has 0 radical (unpaired) electrons. The zero-order valence-corrected chi connectivity index (χ0v) is 19.2. The van der Waals surface area contributed by atoms with Crippen LogP contribution >= 0.6 is 0 Å². The summed E-state index contributed by atoms with van der Waals surface area (Å²) in [5, 5.41) is 4.76. The Balaban J connectivity index is 1.46. The molecule has 1 fully saturated rings. The first-order valence-electron chi connectivity index (χ1n) is 11.5. The number of rotatable bonds is 6. The van der Waals surface area contributed by atoms with Crippen molar-refractivity contribution in [2.75, 3.05) is 32.7 Å². The van der Waals surface area contributed by atoms with Gasteiger partial charge >= 0.3 is 0 Å². The molecule has 0 bridgehead atoms. The number of benzene rings is 2. The molecule has 0 N–H and O–H groups in total. The number of piperazine rings is 1. The number of hydrogen-bond acceptors (Lipinski definition) is 4. The Morgan fingerprint density at radius 2 is 1.52 bits per heavy atom. The number of halogens is 1. The van der Waals surface area contributed by atoms with Crippen LogP contribution in [0.1, 0.15) is 18.1 Å². The molecule has 1 saturated heterocycles. The lowest BCUT2D eigenvalue weighted by atomic mass is 10.1. The quantitative estimate of drug-likeness (QED) is 0.400. The topological polar surface area (TPSA) is 37.4 Å². The molecule has 0 amide bonds. The molecule has 2 aromatic carbocycles. The van der Waals surface area contributed by atoms with Crippen molar-refractivity contribution < 1.29 is 8.81 Å². The first-order valence-corrected chi connectivity index (χ1v) is 11.5. The van der Waals surface area contributed by atoms with Crippen LogP contribution in [0.3, 0.4) is 0 Å². The number of likely N-dealkylation sites (N-methyl/N-ethyl adjacent to an activating group) is 1. The van der Waals surface area contributed by atoms with E-state index in [0.717, 1.165) is 73.1 Å². The largest absolute Gasteiger partial charge is 0.462 e. The number of hydrogen-bond donors (Lipinski definition) is 0. The van der Waals surface area contributed by atoms with Gasteiger partial charge in [0.05, 0.1) is 18.1 Å². The molecule has 0 aliphatic carbocycles. The van der Waals surface area contributed by atoms with Crippen molar-refractivity contribution >= 4 is 0 Å². The fraction of sp³-hybridized carbons (Fsp3) is 0.296. The van der Waals surface area contributed by atoms with Gasteiger partial charge in [-0.2, -0.15) is 5.10 Å². The summed E-state index contributed by atoms with van der Waals surface area (Å²) in [6, 6.07) is 16.8. The normalized spacial score (nSPS) is 15.2. The van der Waals surface area contributed by atoms with Crippen molar-refractivity contribution in [3.05, 3.63) is 84.0 Å². The van der Waals surface area contributed by atoms with Crippen LogP contribution in [0.15, 0.2) is 71.5 Å². The van der Waals surface area contributed by atoms with E-state index < -0.39 is 0 Å². The minimum atomic E-state index is -0.228. The van der Waals surface area contributed by atoms with E-state index in [2.05, 4.69) is 35.8 Å². The third-order valence-corrected chi connectivity index (χ3v) is 6.52. The van der Waals surface area contributed by atoms with E-state index in [0.29, 0.717) is 0 Å². The van der Waals surface area contributed by atoms with Crippen molar-refractivity contribution in [1.82, 2.24) is 19.6 Å². The summed E-state index contributed by atoms with van der Waals surface area (Å²) in [5.41, 5.74) is 6.25. The van der Waals surface area contributed by atoms with Crippen LogP contribution < -0.4 is 0 Å². The Hall–Kier alpha value is -3.22. The van der Waals surface area contributed by atoms with E-state index in [1.165, 1.54) is 17.7 Å². The first kappa shape index (κ1) is 21.6. The molecule has 0 saturated carbocycles. The van der Waals surface area contributed by atoms with E-state index in [-0.39, 0.29) is 5.82 Å². The van der Waals surface area contributed by atoms with Crippen molar-refractivity contribution in [3.63, 3.8) is 0 Å². The summed E-state index contributed by atoms with van der Waals surface area (Å²) in [4.78, 5) is 4.98. The second-order valence-corrected chi connectivity index (χ2v) is 8.63. The lowest BCUT2D eigenvalue weighted by Gasteiger charge is -2.33. The lowest BCUT2D eigenvalue weighted by molar-refractivity contribution is 0.132. The van der Waals surface area contributed by atoms with Gasteiger partial charge < -0.3 is 9.32 Å². The summed E-state index contributed by atoms with van der Waals surface area (Å²) in [7, 11) is 0. The number of aryl methyl sites for hydroxylation is 1. The fourth-order valence-corrected chi connectivity index (χ4v) is 4.49. The molecule has 0 unspecified atom stereocenters. The standard InChI is InChI=1S/C27H29FN4O/c1-3-30-13-15-31(16-14-30)19-23-18-29-32(26(23)27-20(2)12-17-33-27)25-10-6-22(7-11-25)21-4-8-24(28)9-5-21/h4-12,17-18H,3,13-16,19H2,1-2H3. The van der Waals surface area contributed by atoms with Crippen LogP contribution in [0.4, 0.5) is 4.39 Å². The molecule has 5 rings (SSSR count). The van der Waals surface area contributed by atoms with E-state index >= 15 is 0 Å². The monoisotopic (exact) mass is 444 g/mol. The smallest absolute Gasteiger partial charge is 0.155 e. The van der Waals surface area contributed by atoms with Gasteiger partial charge in [-0.15, -0.1) is 0 Å². The summed E-state index contributed by atoms with van der Waals surface area (Å²) >= 11 is 0. The van der Waals surface area contributed by atoms with Crippen LogP contribution in [0.25, 0.3) is 28.3 Å². The predicted molar refractivity (Wildman–Crippen MR) is 129 cm³/mol. The molecule has 33 heavy (non-hydrogen) atoms. The van der Waals surface area contributed by atoms with Crippen molar-refractivity contribution in [2.45, 2.75) is 20.4 Å². The number of nitrogens with zero attached hydrogens (tertiary/aromatic N) is 4. The van der Waals surface area contributed by atoms with Crippen LogP contribution in [-0.2, 0) is 6.54 Å². The van der Waals surface area contributed by atoms with E-state index in [4.69, 9.17) is 9.52 Å². The molecular weight excluding hydrogens is 415 g/mol. The molecule has 2 aromatic heterocycles. The summed E-state index contributed by atoms with van der Waals surface area (Å²) in [6.45, 7) is 10.6. The highest BCUT2D eigenvalue weighted by Gasteiger charge is 2.22. The van der Waals surface area contributed by atoms with Crippen molar-refractivity contribution in [1.29, 1.82) is 0 Å². The summed E-state index contributed by atoms with van der Waals surface area (Å²) in [5.74, 6) is 0.631. The zero-order valence-electron chi connectivity index (χ0n) is 19.2. The van der Waals surface area contributed by atoms with Gasteiger partial charge in [0.2, 0.25) is 0 Å². The Morgan fingerprint density at radius 1 is 0.879 bits per heavy atom. The molecular formula is C27H29FN4O. The minimum Gasteiger partial charge on any atom is -0.462 e. The van der Waals surface area contributed by atoms with Gasteiger partial charge in [0, 0.05) is 38.3 Å². The van der Waals surface area contributed by atoms with E-state index in [1.54, 1.807) is 18.4 Å². The highest BCUT2D eigenvalue weighted by molar-refractivity contribution is 5.67. The minimum absolute atomic E-state index is 0.228. The van der Waals surface area contributed by atoms with Gasteiger partial charge in [0.15, 0.2) is 5.76 Å². The molecule has 1 aliphatic rings. The van der Waals surface area contributed by atoms with E-state index in [9.17, 15) is 4.39 Å². The van der Waals surface area contributed by atoms with Gasteiger partial charge in [-0.25, -0.2) is 9.07 Å². The van der Waals surface area contributed by atoms with Crippen LogP contribution in [-0.4, -0.2) is 52.3 Å². The molecule has 4 aromatic rings. The highest BCUT2D eigenvalue weighted by atomic mass is 19.1. The molecule has 3 heterocycles. The van der Waals surface area contributed by atoms with Crippen molar-refractivity contribution in [3.8, 4) is 28.3 Å². The maximum Gasteiger partial charge on any atom is 0.155 e.